The molecule has 0 atom stereocenters. The average Bonchev–Trinajstić information content (AvgIpc) is 3.01. The van der Waals surface area contributed by atoms with Gasteiger partial charge in [0.15, 0.2) is 0 Å². The van der Waals surface area contributed by atoms with Crippen LogP contribution in [-0.4, -0.2) is 9.55 Å². The van der Waals surface area contributed by atoms with Gasteiger partial charge in [0.1, 0.15) is 0 Å². The van der Waals surface area contributed by atoms with Crippen molar-refractivity contribution in [3.8, 4) is 22.4 Å². The molecule has 1 aromatic heterocycles. The summed E-state index contributed by atoms with van der Waals surface area (Å²) >= 11 is 0. The van der Waals surface area contributed by atoms with E-state index >= 15 is 0 Å². The second-order valence-corrected chi connectivity index (χ2v) is 6.36. The maximum absolute atomic E-state index is 4.47. The van der Waals surface area contributed by atoms with E-state index in [9.17, 15) is 0 Å². The molecule has 0 amide bonds. The van der Waals surface area contributed by atoms with Crippen molar-refractivity contribution in [1.82, 2.24) is 9.55 Å². The summed E-state index contributed by atoms with van der Waals surface area (Å²) in [4.78, 5) is 4.47. The van der Waals surface area contributed by atoms with Gasteiger partial charge in [0, 0.05) is 24.2 Å². The Morgan fingerprint density at radius 3 is 2.48 bits per heavy atom. The molecule has 2 aromatic carbocycles. The molecular formula is C19H18N2. The van der Waals surface area contributed by atoms with Crippen LogP contribution in [0.4, 0.5) is 0 Å². The van der Waals surface area contributed by atoms with E-state index in [-0.39, 0.29) is 5.41 Å². The van der Waals surface area contributed by atoms with Crippen molar-refractivity contribution in [1.29, 1.82) is 0 Å². The molecule has 0 radical (unpaired) electrons. The molecule has 1 aliphatic rings. The minimum Gasteiger partial charge on any atom is -0.340 e. The summed E-state index contributed by atoms with van der Waals surface area (Å²) in [6, 6.07) is 15.5. The summed E-state index contributed by atoms with van der Waals surface area (Å²) in [5, 5.41) is 0. The first kappa shape index (κ1) is 12.4. The van der Waals surface area contributed by atoms with Gasteiger partial charge in [0.2, 0.25) is 0 Å². The van der Waals surface area contributed by atoms with Crippen LogP contribution in [0.3, 0.4) is 0 Å². The minimum absolute atomic E-state index is 0.0523. The van der Waals surface area contributed by atoms with Crippen LogP contribution in [-0.2, 0) is 12.5 Å². The highest BCUT2D eigenvalue weighted by Crippen LogP contribution is 2.49. The molecule has 3 aromatic rings. The van der Waals surface area contributed by atoms with Gasteiger partial charge in [-0.15, -0.1) is 0 Å². The standard InChI is InChI=1S/C19H18N2/c1-19(2)16-7-5-4-6-14(16)15-9-8-13(10-17(15)19)18-11-21(3)12-20-18/h4-12H,1-3H3. The molecule has 1 aliphatic carbocycles. The van der Waals surface area contributed by atoms with E-state index in [1.165, 1.54) is 27.8 Å². The molecule has 0 spiro atoms. The van der Waals surface area contributed by atoms with Crippen molar-refractivity contribution in [2.75, 3.05) is 0 Å². The molecule has 0 aliphatic heterocycles. The quantitative estimate of drug-likeness (QED) is 0.643. The number of hydrogen-bond acceptors (Lipinski definition) is 1. The van der Waals surface area contributed by atoms with Crippen LogP contribution < -0.4 is 0 Å². The van der Waals surface area contributed by atoms with Gasteiger partial charge in [0.25, 0.3) is 0 Å². The summed E-state index contributed by atoms with van der Waals surface area (Å²) in [7, 11) is 2.00. The van der Waals surface area contributed by atoms with Crippen molar-refractivity contribution in [2.24, 2.45) is 7.05 Å². The van der Waals surface area contributed by atoms with E-state index in [1.807, 2.05) is 17.9 Å². The maximum Gasteiger partial charge on any atom is 0.0951 e. The van der Waals surface area contributed by atoms with Gasteiger partial charge in [-0.25, -0.2) is 4.98 Å². The van der Waals surface area contributed by atoms with Crippen molar-refractivity contribution in [2.45, 2.75) is 19.3 Å². The van der Waals surface area contributed by atoms with Crippen molar-refractivity contribution in [3.63, 3.8) is 0 Å². The SMILES string of the molecule is Cn1cnc(-c2ccc3c(c2)C(C)(C)c2ccccc2-3)c1. The third-order valence-corrected chi connectivity index (χ3v) is 4.58. The second kappa shape index (κ2) is 4.08. The molecule has 0 bridgehead atoms. The first-order chi connectivity index (χ1) is 10.1. The molecule has 0 N–H and O–H groups in total. The number of fused-ring (bicyclic) bond motifs is 3. The predicted octanol–water partition coefficient (Wildman–Crippen LogP) is 4.39. The normalized spacial score (nSPS) is 14.8. The Hall–Kier alpha value is -2.35. The van der Waals surface area contributed by atoms with Crippen molar-refractivity contribution >= 4 is 0 Å². The van der Waals surface area contributed by atoms with Gasteiger partial charge < -0.3 is 4.57 Å². The van der Waals surface area contributed by atoms with E-state index in [4.69, 9.17) is 0 Å². The lowest BCUT2D eigenvalue weighted by atomic mass is 9.82. The molecule has 2 nitrogen and oxygen atoms in total. The molecule has 21 heavy (non-hydrogen) atoms. The number of benzene rings is 2. The number of imidazole rings is 1. The fourth-order valence-corrected chi connectivity index (χ4v) is 3.43. The van der Waals surface area contributed by atoms with Crippen LogP contribution in [0.5, 0.6) is 0 Å². The highest BCUT2D eigenvalue weighted by Gasteiger charge is 2.35. The Bertz CT molecular complexity index is 840. The van der Waals surface area contributed by atoms with Gasteiger partial charge in [-0.2, -0.15) is 0 Å². The zero-order chi connectivity index (χ0) is 14.6. The Morgan fingerprint density at radius 1 is 0.952 bits per heavy atom. The van der Waals surface area contributed by atoms with Crippen LogP contribution in [0.25, 0.3) is 22.4 Å². The first-order valence-electron chi connectivity index (χ1n) is 7.30. The summed E-state index contributed by atoms with van der Waals surface area (Å²) < 4.78 is 1.99. The van der Waals surface area contributed by atoms with Gasteiger partial charge in [-0.3, -0.25) is 0 Å². The van der Waals surface area contributed by atoms with E-state index in [1.54, 1.807) is 0 Å². The predicted molar refractivity (Wildman–Crippen MR) is 86.2 cm³/mol. The maximum atomic E-state index is 4.47. The molecular weight excluding hydrogens is 256 g/mol. The van der Waals surface area contributed by atoms with Crippen LogP contribution in [0.2, 0.25) is 0 Å². The summed E-state index contributed by atoms with van der Waals surface area (Å²) in [5.41, 5.74) is 7.81. The van der Waals surface area contributed by atoms with Crippen molar-refractivity contribution in [3.05, 3.63) is 66.1 Å². The number of nitrogens with zero attached hydrogens (tertiary/aromatic N) is 2. The molecule has 0 saturated heterocycles. The lowest BCUT2D eigenvalue weighted by molar-refractivity contribution is 0.660. The lowest BCUT2D eigenvalue weighted by Crippen LogP contribution is -2.14. The van der Waals surface area contributed by atoms with Gasteiger partial charge in [-0.05, 0) is 28.3 Å². The van der Waals surface area contributed by atoms with E-state index in [0.29, 0.717) is 0 Å². The van der Waals surface area contributed by atoms with Crippen molar-refractivity contribution < 1.29 is 0 Å². The Labute approximate surface area is 125 Å². The first-order valence-corrected chi connectivity index (χ1v) is 7.30. The average molecular weight is 274 g/mol. The molecule has 0 fully saturated rings. The molecule has 2 heteroatoms. The number of aromatic nitrogens is 2. The highest BCUT2D eigenvalue weighted by molar-refractivity contribution is 5.83. The van der Waals surface area contributed by atoms with Gasteiger partial charge >= 0.3 is 0 Å². The third kappa shape index (κ3) is 1.69. The number of hydrogen-bond donors (Lipinski definition) is 0. The molecule has 1 heterocycles. The minimum atomic E-state index is 0.0523. The van der Waals surface area contributed by atoms with E-state index < -0.39 is 0 Å². The largest absolute Gasteiger partial charge is 0.340 e. The second-order valence-electron chi connectivity index (χ2n) is 6.36. The van der Waals surface area contributed by atoms with E-state index in [2.05, 4.69) is 67.5 Å². The van der Waals surface area contributed by atoms with Crippen LogP contribution >= 0.6 is 0 Å². The smallest absolute Gasteiger partial charge is 0.0951 e. The fourth-order valence-electron chi connectivity index (χ4n) is 3.43. The molecule has 104 valence electrons. The Kier molecular flexibility index (Phi) is 2.41. The highest BCUT2D eigenvalue weighted by atomic mass is 15.0. The van der Waals surface area contributed by atoms with Crippen LogP contribution in [0.15, 0.2) is 55.0 Å². The number of rotatable bonds is 1. The Balaban J connectivity index is 1.93. The van der Waals surface area contributed by atoms with Gasteiger partial charge in [-0.1, -0.05) is 50.2 Å². The topological polar surface area (TPSA) is 17.8 Å². The number of aryl methyl sites for hydroxylation is 1. The Morgan fingerprint density at radius 2 is 1.71 bits per heavy atom. The fraction of sp³-hybridized carbons (Fsp3) is 0.211. The summed E-state index contributed by atoms with van der Waals surface area (Å²) in [6.07, 6.45) is 3.92. The monoisotopic (exact) mass is 274 g/mol. The van der Waals surface area contributed by atoms with E-state index in [0.717, 1.165) is 5.69 Å². The zero-order valence-corrected chi connectivity index (χ0v) is 12.6. The molecule has 0 saturated carbocycles. The van der Waals surface area contributed by atoms with Crippen LogP contribution in [0.1, 0.15) is 25.0 Å². The molecule has 0 unspecified atom stereocenters. The third-order valence-electron chi connectivity index (χ3n) is 4.58. The summed E-state index contributed by atoms with van der Waals surface area (Å²) in [5.74, 6) is 0. The van der Waals surface area contributed by atoms with Crippen LogP contribution in [0, 0.1) is 0 Å². The zero-order valence-electron chi connectivity index (χ0n) is 12.6. The lowest BCUT2D eigenvalue weighted by Gasteiger charge is -2.21. The molecule has 4 rings (SSSR count). The summed E-state index contributed by atoms with van der Waals surface area (Å²) in [6.45, 7) is 4.61. The van der Waals surface area contributed by atoms with Gasteiger partial charge in [0.05, 0.1) is 12.0 Å².